The molecule has 0 saturated carbocycles. The third-order valence-electron chi connectivity index (χ3n) is 3.16. The topological polar surface area (TPSA) is 93.6 Å². The van der Waals surface area contributed by atoms with Crippen LogP contribution in [0.1, 0.15) is 16.1 Å². The summed E-state index contributed by atoms with van der Waals surface area (Å²) >= 11 is 0. The number of hydrogen-bond donors (Lipinski definition) is 1. The summed E-state index contributed by atoms with van der Waals surface area (Å²) in [4.78, 5) is 15.5. The molecule has 1 aromatic carbocycles. The lowest BCUT2D eigenvalue weighted by Gasteiger charge is -2.13. The van der Waals surface area contributed by atoms with E-state index in [1.807, 2.05) is 0 Å². The molecule has 0 spiro atoms. The van der Waals surface area contributed by atoms with Gasteiger partial charge in [0.15, 0.2) is 9.84 Å². The third kappa shape index (κ3) is 3.09. The van der Waals surface area contributed by atoms with Crippen LogP contribution >= 0.6 is 0 Å². The molecule has 0 bridgehead atoms. The van der Waals surface area contributed by atoms with Crippen LogP contribution in [0.2, 0.25) is 0 Å². The Morgan fingerprint density at radius 3 is 2.45 bits per heavy atom. The van der Waals surface area contributed by atoms with Crippen LogP contribution in [-0.4, -0.2) is 37.8 Å². The van der Waals surface area contributed by atoms with E-state index in [-0.39, 0.29) is 10.5 Å². The number of aromatic nitrogens is 1. The first-order chi connectivity index (χ1) is 10.2. The zero-order valence-corrected chi connectivity index (χ0v) is 13.1. The van der Waals surface area contributed by atoms with Crippen LogP contribution in [0.25, 0.3) is 11.1 Å². The van der Waals surface area contributed by atoms with Crippen LogP contribution in [0.3, 0.4) is 0 Å². The number of ether oxygens (including phenoxy) is 1. The first-order valence-electron chi connectivity index (χ1n) is 6.32. The first-order valence-corrected chi connectivity index (χ1v) is 8.21. The molecule has 2 aromatic rings. The number of aromatic carboxylic acids is 1. The van der Waals surface area contributed by atoms with Crippen molar-refractivity contribution in [2.75, 3.05) is 13.4 Å². The molecule has 0 unspecified atom stereocenters. The molecule has 0 aliphatic rings. The van der Waals surface area contributed by atoms with Gasteiger partial charge in [-0.05, 0) is 31.2 Å². The second kappa shape index (κ2) is 5.76. The van der Waals surface area contributed by atoms with Crippen LogP contribution in [0.5, 0.6) is 5.75 Å². The number of methoxy groups -OCH3 is 1. The molecule has 0 aliphatic carbocycles. The van der Waals surface area contributed by atoms with Crippen molar-refractivity contribution in [1.29, 1.82) is 0 Å². The average molecular weight is 321 g/mol. The summed E-state index contributed by atoms with van der Waals surface area (Å²) in [5.74, 6) is -0.755. The SMILES string of the molecule is COc1ccc(S(C)(=O)=O)cc1-c1cc(C)ncc1C(=O)O. The number of carboxylic acid groups (broad SMARTS) is 1. The molecule has 0 aliphatic heterocycles. The minimum absolute atomic E-state index is 0.0189. The quantitative estimate of drug-likeness (QED) is 0.927. The first kappa shape index (κ1) is 16.0. The van der Waals surface area contributed by atoms with Crippen LogP contribution in [-0.2, 0) is 9.84 Å². The number of rotatable bonds is 4. The third-order valence-corrected chi connectivity index (χ3v) is 4.27. The van der Waals surface area contributed by atoms with Crippen molar-refractivity contribution in [2.45, 2.75) is 11.8 Å². The Labute approximate surface area is 128 Å². The number of nitrogens with zero attached hydrogens (tertiary/aromatic N) is 1. The lowest BCUT2D eigenvalue weighted by atomic mass is 10.00. The molecule has 1 N–H and O–H groups in total. The van der Waals surface area contributed by atoms with Gasteiger partial charge in [0.2, 0.25) is 0 Å². The Bertz CT molecular complexity index is 843. The molecule has 0 atom stereocenters. The van der Waals surface area contributed by atoms with E-state index in [4.69, 9.17) is 4.74 Å². The molecule has 6 nitrogen and oxygen atoms in total. The second-order valence-corrected chi connectivity index (χ2v) is 6.83. The fraction of sp³-hybridized carbons (Fsp3) is 0.200. The highest BCUT2D eigenvalue weighted by Gasteiger charge is 2.18. The van der Waals surface area contributed by atoms with Crippen molar-refractivity contribution in [3.63, 3.8) is 0 Å². The number of carbonyl (C=O) groups is 1. The predicted molar refractivity (Wildman–Crippen MR) is 81.0 cm³/mol. The van der Waals surface area contributed by atoms with E-state index in [9.17, 15) is 18.3 Å². The van der Waals surface area contributed by atoms with Crippen molar-refractivity contribution >= 4 is 15.8 Å². The maximum atomic E-state index is 11.7. The number of pyridine rings is 1. The van der Waals surface area contributed by atoms with Gasteiger partial charge in [-0.2, -0.15) is 0 Å². The molecular weight excluding hydrogens is 306 g/mol. The molecule has 0 saturated heterocycles. The summed E-state index contributed by atoms with van der Waals surface area (Å²) in [7, 11) is -1.98. The van der Waals surface area contributed by atoms with Gasteiger partial charge >= 0.3 is 5.97 Å². The van der Waals surface area contributed by atoms with Crippen molar-refractivity contribution in [3.8, 4) is 16.9 Å². The Morgan fingerprint density at radius 1 is 1.23 bits per heavy atom. The molecular formula is C15H15NO5S. The van der Waals surface area contributed by atoms with E-state index >= 15 is 0 Å². The number of benzene rings is 1. The summed E-state index contributed by atoms with van der Waals surface area (Å²) in [5, 5.41) is 9.31. The normalized spacial score (nSPS) is 11.2. The van der Waals surface area contributed by atoms with E-state index in [2.05, 4.69) is 4.98 Å². The highest BCUT2D eigenvalue weighted by molar-refractivity contribution is 7.90. The molecule has 0 fully saturated rings. The summed E-state index contributed by atoms with van der Waals surface area (Å²) < 4.78 is 28.7. The number of aryl methyl sites for hydroxylation is 1. The zero-order chi connectivity index (χ0) is 16.5. The van der Waals surface area contributed by atoms with Crippen molar-refractivity contribution < 1.29 is 23.1 Å². The van der Waals surface area contributed by atoms with E-state index in [1.165, 1.54) is 31.5 Å². The predicted octanol–water partition coefficient (Wildman–Crippen LogP) is 2.17. The van der Waals surface area contributed by atoms with Gasteiger partial charge in [-0.3, -0.25) is 4.98 Å². The summed E-state index contributed by atoms with van der Waals surface area (Å²) in [6.45, 7) is 1.72. The Balaban J connectivity index is 2.81. The zero-order valence-electron chi connectivity index (χ0n) is 12.3. The van der Waals surface area contributed by atoms with Crippen LogP contribution < -0.4 is 4.74 Å². The lowest BCUT2D eigenvalue weighted by molar-refractivity contribution is 0.0697. The van der Waals surface area contributed by atoms with Crippen LogP contribution in [0.15, 0.2) is 35.4 Å². The average Bonchev–Trinajstić information content (AvgIpc) is 2.45. The molecule has 0 amide bonds. The fourth-order valence-corrected chi connectivity index (χ4v) is 2.73. The van der Waals surface area contributed by atoms with Crippen LogP contribution in [0, 0.1) is 6.92 Å². The standard InChI is InChI=1S/C15H15NO5S/c1-9-6-11(13(8-16-9)15(17)18)12-7-10(22(3,19)20)4-5-14(12)21-2/h4-8H,1-3H3,(H,17,18). The highest BCUT2D eigenvalue weighted by Crippen LogP contribution is 2.34. The lowest BCUT2D eigenvalue weighted by Crippen LogP contribution is -2.04. The van der Waals surface area contributed by atoms with Gasteiger partial charge in [-0.25, -0.2) is 13.2 Å². The van der Waals surface area contributed by atoms with Crippen molar-refractivity contribution in [2.24, 2.45) is 0 Å². The maximum absolute atomic E-state index is 11.7. The largest absolute Gasteiger partial charge is 0.496 e. The number of carboxylic acids is 1. The van der Waals surface area contributed by atoms with E-state index in [0.717, 1.165) is 6.26 Å². The molecule has 1 heterocycles. The molecule has 1 aromatic heterocycles. The fourth-order valence-electron chi connectivity index (χ4n) is 2.08. The summed E-state index contributed by atoms with van der Waals surface area (Å²) in [6, 6.07) is 5.93. The Kier molecular flexibility index (Phi) is 4.18. The number of hydrogen-bond acceptors (Lipinski definition) is 5. The maximum Gasteiger partial charge on any atom is 0.337 e. The Morgan fingerprint density at radius 2 is 1.91 bits per heavy atom. The van der Waals surface area contributed by atoms with E-state index in [1.54, 1.807) is 13.0 Å². The minimum Gasteiger partial charge on any atom is -0.496 e. The smallest absolute Gasteiger partial charge is 0.337 e. The molecule has 2 rings (SSSR count). The van der Waals surface area contributed by atoms with E-state index in [0.29, 0.717) is 22.6 Å². The van der Waals surface area contributed by atoms with Gasteiger partial charge in [-0.15, -0.1) is 0 Å². The molecule has 7 heteroatoms. The van der Waals surface area contributed by atoms with Gasteiger partial charge < -0.3 is 9.84 Å². The Hall–Kier alpha value is -2.41. The molecule has 0 radical (unpaired) electrons. The summed E-state index contributed by atoms with van der Waals surface area (Å²) in [6.07, 6.45) is 2.34. The van der Waals surface area contributed by atoms with Gasteiger partial charge in [0, 0.05) is 29.3 Å². The minimum atomic E-state index is -3.42. The molecule has 22 heavy (non-hydrogen) atoms. The molecule has 116 valence electrons. The van der Waals surface area contributed by atoms with Gasteiger partial charge in [-0.1, -0.05) is 0 Å². The van der Waals surface area contributed by atoms with Gasteiger partial charge in [0.25, 0.3) is 0 Å². The van der Waals surface area contributed by atoms with Crippen LogP contribution in [0.4, 0.5) is 0 Å². The van der Waals surface area contributed by atoms with Crippen molar-refractivity contribution in [3.05, 3.63) is 41.7 Å². The van der Waals surface area contributed by atoms with Gasteiger partial charge in [0.1, 0.15) is 5.75 Å². The monoisotopic (exact) mass is 321 g/mol. The number of sulfone groups is 1. The summed E-state index contributed by atoms with van der Waals surface area (Å²) in [5.41, 5.74) is 1.36. The van der Waals surface area contributed by atoms with Gasteiger partial charge in [0.05, 0.1) is 17.6 Å². The van der Waals surface area contributed by atoms with Crippen molar-refractivity contribution in [1.82, 2.24) is 4.98 Å². The van der Waals surface area contributed by atoms with E-state index < -0.39 is 15.8 Å². The second-order valence-electron chi connectivity index (χ2n) is 4.81. The highest BCUT2D eigenvalue weighted by atomic mass is 32.2.